The summed E-state index contributed by atoms with van der Waals surface area (Å²) in [6.45, 7) is 0.486. The largest absolute Gasteiger partial charge is 0.492 e. The third-order valence-corrected chi connectivity index (χ3v) is 4.46. The number of amides is 2. The zero-order valence-corrected chi connectivity index (χ0v) is 14.4. The number of benzene rings is 3. The third-order valence-electron chi connectivity index (χ3n) is 4.46. The molecule has 0 spiro atoms. The Hall–Kier alpha value is -3.41. The fourth-order valence-corrected chi connectivity index (χ4v) is 3.23. The summed E-state index contributed by atoms with van der Waals surface area (Å²) in [4.78, 5) is 26.4. The van der Waals surface area contributed by atoms with Crippen molar-refractivity contribution in [2.24, 2.45) is 0 Å². The lowest BCUT2D eigenvalue weighted by molar-refractivity contribution is -0.119. The summed E-state index contributed by atoms with van der Waals surface area (Å²) >= 11 is 0. The predicted octanol–water partition coefficient (Wildman–Crippen LogP) is 3.13. The van der Waals surface area contributed by atoms with E-state index < -0.39 is 0 Å². The molecule has 2 amide bonds. The standard InChI is InChI=1S/C21H17FN2O3/c22-15-7-9-16(10-8-15)27-12-11-23-19(25)13-24-18-6-2-4-14-3-1-5-17(20(14)18)21(24)26/h1-10H,11-13H2,(H,23,25). The molecule has 136 valence electrons. The molecule has 0 aromatic heterocycles. The molecule has 0 aliphatic carbocycles. The van der Waals surface area contributed by atoms with Gasteiger partial charge in [0.2, 0.25) is 5.91 Å². The summed E-state index contributed by atoms with van der Waals surface area (Å²) in [7, 11) is 0. The lowest BCUT2D eigenvalue weighted by Crippen LogP contribution is -2.40. The highest BCUT2D eigenvalue weighted by atomic mass is 19.1. The van der Waals surface area contributed by atoms with Crippen molar-refractivity contribution in [3.8, 4) is 5.75 Å². The quantitative estimate of drug-likeness (QED) is 0.684. The summed E-state index contributed by atoms with van der Waals surface area (Å²) in [5.41, 5.74) is 1.38. The van der Waals surface area contributed by atoms with Gasteiger partial charge in [-0.15, -0.1) is 0 Å². The number of hydrogen-bond donors (Lipinski definition) is 1. The second-order valence-corrected chi connectivity index (χ2v) is 6.22. The van der Waals surface area contributed by atoms with Crippen molar-refractivity contribution < 1.29 is 18.7 Å². The predicted molar refractivity (Wildman–Crippen MR) is 101 cm³/mol. The normalized spacial score (nSPS) is 12.5. The minimum absolute atomic E-state index is 0.0524. The van der Waals surface area contributed by atoms with Crippen molar-refractivity contribution in [3.63, 3.8) is 0 Å². The van der Waals surface area contributed by atoms with E-state index in [1.807, 2.05) is 30.3 Å². The SMILES string of the molecule is O=C(CN1C(=O)c2cccc3cccc1c23)NCCOc1ccc(F)cc1. The van der Waals surface area contributed by atoms with E-state index in [9.17, 15) is 14.0 Å². The lowest BCUT2D eigenvalue weighted by atomic mass is 10.1. The Bertz CT molecular complexity index is 1010. The fraction of sp³-hybridized carbons (Fsp3) is 0.143. The molecule has 0 saturated carbocycles. The number of anilines is 1. The molecule has 0 bridgehead atoms. The van der Waals surface area contributed by atoms with E-state index in [0.29, 0.717) is 11.3 Å². The number of carbonyl (C=O) groups is 2. The zero-order chi connectivity index (χ0) is 18.8. The number of carbonyl (C=O) groups excluding carboxylic acids is 2. The highest BCUT2D eigenvalue weighted by molar-refractivity contribution is 6.26. The van der Waals surface area contributed by atoms with Gasteiger partial charge in [0.15, 0.2) is 0 Å². The van der Waals surface area contributed by atoms with Crippen molar-refractivity contribution in [1.29, 1.82) is 0 Å². The Morgan fingerprint density at radius 2 is 1.78 bits per heavy atom. The summed E-state index contributed by atoms with van der Waals surface area (Å²) < 4.78 is 18.3. The molecular formula is C21H17FN2O3. The van der Waals surface area contributed by atoms with Gasteiger partial charge in [-0.2, -0.15) is 0 Å². The second kappa shape index (κ2) is 7.07. The van der Waals surface area contributed by atoms with Crippen LogP contribution in [0, 0.1) is 5.82 Å². The molecule has 1 heterocycles. The van der Waals surface area contributed by atoms with Gasteiger partial charge in [-0.05, 0) is 41.8 Å². The molecule has 27 heavy (non-hydrogen) atoms. The molecule has 0 unspecified atom stereocenters. The van der Waals surface area contributed by atoms with Crippen LogP contribution in [0.3, 0.4) is 0 Å². The number of ether oxygens (including phenoxy) is 1. The van der Waals surface area contributed by atoms with Crippen LogP contribution < -0.4 is 15.0 Å². The maximum absolute atomic E-state index is 12.8. The summed E-state index contributed by atoms with van der Waals surface area (Å²) in [5.74, 6) is -0.236. The summed E-state index contributed by atoms with van der Waals surface area (Å²) in [5, 5.41) is 4.61. The van der Waals surface area contributed by atoms with E-state index in [2.05, 4.69) is 5.32 Å². The Morgan fingerprint density at radius 1 is 1.04 bits per heavy atom. The number of rotatable bonds is 6. The molecule has 1 aliphatic rings. The first-order chi connectivity index (χ1) is 13.1. The van der Waals surface area contributed by atoms with E-state index in [1.165, 1.54) is 29.2 Å². The number of nitrogens with zero attached hydrogens (tertiary/aromatic N) is 1. The summed E-state index contributed by atoms with van der Waals surface area (Å²) in [6.07, 6.45) is 0. The fourth-order valence-electron chi connectivity index (χ4n) is 3.23. The molecule has 0 fully saturated rings. The maximum atomic E-state index is 12.8. The second-order valence-electron chi connectivity index (χ2n) is 6.22. The Balaban J connectivity index is 1.34. The Labute approximate surface area is 155 Å². The van der Waals surface area contributed by atoms with Gasteiger partial charge in [-0.3, -0.25) is 14.5 Å². The van der Waals surface area contributed by atoms with E-state index in [0.717, 1.165) is 16.5 Å². The number of nitrogens with one attached hydrogen (secondary N) is 1. The minimum atomic E-state index is -0.332. The molecular weight excluding hydrogens is 347 g/mol. The molecule has 1 N–H and O–H groups in total. The van der Waals surface area contributed by atoms with Crippen molar-refractivity contribution in [2.45, 2.75) is 0 Å². The first-order valence-corrected chi connectivity index (χ1v) is 8.62. The van der Waals surface area contributed by atoms with Crippen LogP contribution in [0.4, 0.5) is 10.1 Å². The van der Waals surface area contributed by atoms with Crippen molar-refractivity contribution in [1.82, 2.24) is 5.32 Å². The van der Waals surface area contributed by atoms with Gasteiger partial charge in [0.05, 0.1) is 12.2 Å². The zero-order valence-electron chi connectivity index (χ0n) is 14.4. The van der Waals surface area contributed by atoms with Crippen molar-refractivity contribution in [2.75, 3.05) is 24.6 Å². The maximum Gasteiger partial charge on any atom is 0.259 e. The molecule has 0 saturated heterocycles. The molecule has 1 aliphatic heterocycles. The van der Waals surface area contributed by atoms with Crippen LogP contribution in [-0.2, 0) is 4.79 Å². The minimum Gasteiger partial charge on any atom is -0.492 e. The van der Waals surface area contributed by atoms with Crippen LogP contribution in [0.5, 0.6) is 5.75 Å². The van der Waals surface area contributed by atoms with E-state index in [-0.39, 0.29) is 37.3 Å². The van der Waals surface area contributed by atoms with Crippen LogP contribution in [0.25, 0.3) is 10.8 Å². The monoisotopic (exact) mass is 364 g/mol. The number of hydrogen-bond acceptors (Lipinski definition) is 3. The molecule has 6 heteroatoms. The highest BCUT2D eigenvalue weighted by Gasteiger charge is 2.30. The van der Waals surface area contributed by atoms with Crippen LogP contribution in [-0.4, -0.2) is 31.5 Å². The molecule has 3 aromatic carbocycles. The molecule has 4 rings (SSSR count). The van der Waals surface area contributed by atoms with Gasteiger partial charge >= 0.3 is 0 Å². The highest BCUT2D eigenvalue weighted by Crippen LogP contribution is 2.36. The van der Waals surface area contributed by atoms with Gasteiger partial charge in [0.1, 0.15) is 24.7 Å². The average Bonchev–Trinajstić information content (AvgIpc) is 2.95. The van der Waals surface area contributed by atoms with E-state index in [1.54, 1.807) is 6.07 Å². The van der Waals surface area contributed by atoms with Crippen molar-refractivity contribution >= 4 is 28.3 Å². The van der Waals surface area contributed by atoms with E-state index in [4.69, 9.17) is 4.74 Å². The van der Waals surface area contributed by atoms with Crippen molar-refractivity contribution in [3.05, 3.63) is 72.0 Å². The van der Waals surface area contributed by atoms with E-state index >= 15 is 0 Å². The first kappa shape index (κ1) is 17.0. The van der Waals surface area contributed by atoms with Gasteiger partial charge in [0, 0.05) is 10.9 Å². The van der Waals surface area contributed by atoms with Crippen LogP contribution in [0.1, 0.15) is 10.4 Å². The van der Waals surface area contributed by atoms with Crippen LogP contribution in [0.2, 0.25) is 0 Å². The lowest BCUT2D eigenvalue weighted by Gasteiger charge is -2.17. The number of halogens is 1. The topological polar surface area (TPSA) is 58.6 Å². The average molecular weight is 364 g/mol. The molecule has 0 radical (unpaired) electrons. The van der Waals surface area contributed by atoms with Gasteiger partial charge < -0.3 is 10.1 Å². The Morgan fingerprint density at radius 3 is 2.56 bits per heavy atom. The van der Waals surface area contributed by atoms with Gasteiger partial charge in [0.25, 0.3) is 5.91 Å². The molecule has 3 aromatic rings. The third kappa shape index (κ3) is 3.33. The van der Waals surface area contributed by atoms with Crippen LogP contribution >= 0.6 is 0 Å². The molecule has 5 nitrogen and oxygen atoms in total. The van der Waals surface area contributed by atoms with Gasteiger partial charge in [-0.25, -0.2) is 4.39 Å². The summed E-state index contributed by atoms with van der Waals surface area (Å²) in [6, 6.07) is 16.9. The molecule has 0 atom stereocenters. The van der Waals surface area contributed by atoms with Gasteiger partial charge in [-0.1, -0.05) is 24.3 Å². The Kier molecular flexibility index (Phi) is 4.46. The van der Waals surface area contributed by atoms with Crippen LogP contribution in [0.15, 0.2) is 60.7 Å². The first-order valence-electron chi connectivity index (χ1n) is 8.62. The smallest absolute Gasteiger partial charge is 0.259 e.